The van der Waals surface area contributed by atoms with Gasteiger partial charge in [-0.3, -0.25) is 14.9 Å². The van der Waals surface area contributed by atoms with E-state index in [0.29, 0.717) is 6.42 Å². The fourth-order valence-electron chi connectivity index (χ4n) is 3.25. The lowest BCUT2D eigenvalue weighted by molar-refractivity contribution is -0.131. The van der Waals surface area contributed by atoms with Crippen LogP contribution in [0.4, 0.5) is 11.4 Å². The van der Waals surface area contributed by atoms with Gasteiger partial charge in [-0.25, -0.2) is 0 Å². The van der Waals surface area contributed by atoms with Gasteiger partial charge in [0.05, 0.1) is 0 Å². The Balaban J connectivity index is 1.47. The number of thiocarbonyl (C=S) groups is 1. The quantitative estimate of drug-likeness (QED) is 0.572. The molecule has 7 heteroatoms. The maximum atomic E-state index is 12.0. The molecule has 0 radical (unpaired) electrons. The Kier molecular flexibility index (Phi) is 7.57. The zero-order valence-corrected chi connectivity index (χ0v) is 17.8. The number of nitrogens with one attached hydrogen (secondary N) is 2. The first-order valence-corrected chi connectivity index (χ1v) is 10.4. The summed E-state index contributed by atoms with van der Waals surface area (Å²) in [4.78, 5) is 28.0. The van der Waals surface area contributed by atoms with Gasteiger partial charge in [-0.05, 0) is 48.1 Å². The molecule has 0 unspecified atom stereocenters. The number of hydrogen-bond donors (Lipinski definition) is 2. The van der Waals surface area contributed by atoms with Crippen molar-refractivity contribution in [3.8, 4) is 0 Å². The third-order valence-electron chi connectivity index (χ3n) is 4.89. The second-order valence-electron chi connectivity index (χ2n) is 6.96. The SMILES string of the molecule is CCC(=O)N1CCN(c2ccc(NC(=S)NC(=O)C=Cc3ccccc3)cc2)CC1. The molecule has 0 spiro atoms. The van der Waals surface area contributed by atoms with E-state index in [4.69, 9.17) is 12.2 Å². The second kappa shape index (κ2) is 10.5. The average Bonchev–Trinajstić information content (AvgIpc) is 2.78. The first-order valence-electron chi connectivity index (χ1n) is 10.0. The fraction of sp³-hybridized carbons (Fsp3) is 0.261. The van der Waals surface area contributed by atoms with Crippen molar-refractivity contribution in [1.82, 2.24) is 10.2 Å². The van der Waals surface area contributed by atoms with Crippen molar-refractivity contribution in [1.29, 1.82) is 0 Å². The number of carbonyl (C=O) groups is 2. The molecule has 2 amide bonds. The first-order chi connectivity index (χ1) is 14.5. The number of nitrogens with zero attached hydrogens (tertiary/aromatic N) is 2. The zero-order valence-electron chi connectivity index (χ0n) is 17.0. The molecule has 0 atom stereocenters. The highest BCUT2D eigenvalue weighted by Crippen LogP contribution is 2.19. The van der Waals surface area contributed by atoms with Crippen molar-refractivity contribution in [2.75, 3.05) is 36.4 Å². The molecule has 0 saturated carbocycles. The molecule has 1 aliphatic rings. The molecule has 2 aromatic carbocycles. The Morgan fingerprint density at radius 3 is 2.30 bits per heavy atom. The van der Waals surface area contributed by atoms with Crippen molar-refractivity contribution in [2.24, 2.45) is 0 Å². The zero-order chi connectivity index (χ0) is 21.3. The molecule has 156 valence electrons. The van der Waals surface area contributed by atoms with Crippen LogP contribution in [0, 0.1) is 0 Å². The van der Waals surface area contributed by atoms with Gasteiger partial charge in [-0.15, -0.1) is 0 Å². The maximum absolute atomic E-state index is 12.0. The summed E-state index contributed by atoms with van der Waals surface area (Å²) in [5, 5.41) is 5.92. The molecule has 0 bridgehead atoms. The van der Waals surface area contributed by atoms with Crippen LogP contribution in [0.25, 0.3) is 6.08 Å². The summed E-state index contributed by atoms with van der Waals surface area (Å²) in [6, 6.07) is 17.5. The molecule has 2 aromatic rings. The standard InChI is InChI=1S/C23H26N4O2S/c1-2-22(29)27-16-14-26(15-17-27)20-11-9-19(10-12-20)24-23(30)25-21(28)13-8-18-6-4-3-5-7-18/h3-13H,2,14-17H2,1H3,(H2,24,25,28,30). The van der Waals surface area contributed by atoms with E-state index in [2.05, 4.69) is 15.5 Å². The topological polar surface area (TPSA) is 64.7 Å². The second-order valence-corrected chi connectivity index (χ2v) is 7.36. The minimum atomic E-state index is -0.285. The number of carbonyl (C=O) groups excluding carboxylic acids is 2. The van der Waals surface area contributed by atoms with Crippen LogP contribution in [-0.4, -0.2) is 48.0 Å². The molecule has 0 aliphatic carbocycles. The van der Waals surface area contributed by atoms with E-state index in [-0.39, 0.29) is 16.9 Å². The summed E-state index contributed by atoms with van der Waals surface area (Å²) in [6.45, 7) is 5.03. The van der Waals surface area contributed by atoms with Crippen LogP contribution in [0.2, 0.25) is 0 Å². The highest BCUT2D eigenvalue weighted by molar-refractivity contribution is 7.80. The summed E-state index contributed by atoms with van der Waals surface area (Å²) < 4.78 is 0. The van der Waals surface area contributed by atoms with Crippen LogP contribution in [-0.2, 0) is 9.59 Å². The number of benzene rings is 2. The van der Waals surface area contributed by atoms with E-state index in [0.717, 1.165) is 43.1 Å². The number of piperazine rings is 1. The third kappa shape index (κ3) is 6.15. The van der Waals surface area contributed by atoms with Crippen LogP contribution in [0.3, 0.4) is 0 Å². The minimum Gasteiger partial charge on any atom is -0.368 e. The summed E-state index contributed by atoms with van der Waals surface area (Å²) in [5.74, 6) is -0.0733. The van der Waals surface area contributed by atoms with Crippen LogP contribution >= 0.6 is 12.2 Å². The van der Waals surface area contributed by atoms with E-state index < -0.39 is 0 Å². The molecule has 2 N–H and O–H groups in total. The predicted molar refractivity (Wildman–Crippen MR) is 125 cm³/mol. The molecule has 6 nitrogen and oxygen atoms in total. The first kappa shape index (κ1) is 21.5. The Morgan fingerprint density at radius 2 is 1.67 bits per heavy atom. The molecular formula is C23H26N4O2S. The van der Waals surface area contributed by atoms with Crippen LogP contribution in [0.1, 0.15) is 18.9 Å². The summed E-state index contributed by atoms with van der Waals surface area (Å²) in [6.07, 6.45) is 3.74. The van der Waals surface area contributed by atoms with Gasteiger partial charge in [0.25, 0.3) is 0 Å². The lowest BCUT2D eigenvalue weighted by Crippen LogP contribution is -2.48. The number of rotatable bonds is 5. The van der Waals surface area contributed by atoms with Crippen molar-refractivity contribution in [2.45, 2.75) is 13.3 Å². The van der Waals surface area contributed by atoms with E-state index in [9.17, 15) is 9.59 Å². The normalized spacial score (nSPS) is 13.9. The third-order valence-corrected chi connectivity index (χ3v) is 5.09. The van der Waals surface area contributed by atoms with Crippen LogP contribution in [0.5, 0.6) is 0 Å². The molecular weight excluding hydrogens is 396 g/mol. The molecule has 1 heterocycles. The Hall–Kier alpha value is -3.19. The van der Waals surface area contributed by atoms with Gasteiger partial charge in [-0.2, -0.15) is 0 Å². The molecule has 1 fully saturated rings. The Bertz CT molecular complexity index is 905. The molecule has 30 heavy (non-hydrogen) atoms. The smallest absolute Gasteiger partial charge is 0.250 e. The van der Waals surface area contributed by atoms with Gasteiger partial charge in [0, 0.05) is 50.1 Å². The van der Waals surface area contributed by atoms with Gasteiger partial charge in [0.2, 0.25) is 11.8 Å². The largest absolute Gasteiger partial charge is 0.368 e. The van der Waals surface area contributed by atoms with E-state index in [1.165, 1.54) is 6.08 Å². The molecule has 0 aromatic heterocycles. The van der Waals surface area contributed by atoms with Gasteiger partial charge < -0.3 is 15.1 Å². The lowest BCUT2D eigenvalue weighted by atomic mass is 10.2. The Morgan fingerprint density at radius 1 is 1.00 bits per heavy atom. The lowest BCUT2D eigenvalue weighted by Gasteiger charge is -2.36. The molecule has 3 rings (SSSR count). The van der Waals surface area contributed by atoms with E-state index in [1.54, 1.807) is 6.08 Å². The minimum absolute atomic E-state index is 0.211. The average molecular weight is 423 g/mol. The summed E-state index contributed by atoms with van der Waals surface area (Å²) in [5.41, 5.74) is 2.85. The van der Waals surface area contributed by atoms with Gasteiger partial charge >= 0.3 is 0 Å². The van der Waals surface area contributed by atoms with Crippen LogP contribution < -0.4 is 15.5 Å². The molecule has 1 aliphatic heterocycles. The Labute approximate surface area is 182 Å². The summed E-state index contributed by atoms with van der Waals surface area (Å²) in [7, 11) is 0. The van der Waals surface area contributed by atoms with Gasteiger partial charge in [0.15, 0.2) is 5.11 Å². The van der Waals surface area contributed by atoms with Gasteiger partial charge in [-0.1, -0.05) is 37.3 Å². The van der Waals surface area contributed by atoms with Crippen molar-refractivity contribution < 1.29 is 9.59 Å². The predicted octanol–water partition coefficient (Wildman–Crippen LogP) is 3.27. The molecule has 1 saturated heterocycles. The van der Waals surface area contributed by atoms with Crippen LogP contribution in [0.15, 0.2) is 60.7 Å². The van der Waals surface area contributed by atoms with Crippen molar-refractivity contribution in [3.63, 3.8) is 0 Å². The summed E-state index contributed by atoms with van der Waals surface area (Å²) >= 11 is 5.23. The van der Waals surface area contributed by atoms with E-state index in [1.807, 2.05) is 66.4 Å². The highest BCUT2D eigenvalue weighted by atomic mass is 32.1. The number of amides is 2. The van der Waals surface area contributed by atoms with E-state index >= 15 is 0 Å². The highest BCUT2D eigenvalue weighted by Gasteiger charge is 2.20. The number of hydrogen-bond acceptors (Lipinski definition) is 4. The van der Waals surface area contributed by atoms with Gasteiger partial charge in [0.1, 0.15) is 0 Å². The maximum Gasteiger partial charge on any atom is 0.250 e. The number of anilines is 2. The fourth-order valence-corrected chi connectivity index (χ4v) is 3.46. The monoisotopic (exact) mass is 422 g/mol. The van der Waals surface area contributed by atoms with Crippen molar-refractivity contribution >= 4 is 46.6 Å². The van der Waals surface area contributed by atoms with Crippen molar-refractivity contribution in [3.05, 3.63) is 66.2 Å².